The molecule has 1 aliphatic rings. The van der Waals surface area contributed by atoms with Gasteiger partial charge in [-0.05, 0) is 64.3 Å². The molecular formula is C24H30N4O3. The Balaban J connectivity index is 1.68. The van der Waals surface area contributed by atoms with Crippen LogP contribution in [0.15, 0.2) is 24.3 Å². The maximum atomic E-state index is 13.3. The van der Waals surface area contributed by atoms with Crippen LogP contribution in [-0.4, -0.2) is 34.9 Å². The Labute approximate surface area is 182 Å². The first kappa shape index (κ1) is 21.2. The molecule has 7 heteroatoms. The summed E-state index contributed by atoms with van der Waals surface area (Å²) in [6.45, 7) is 8.62. The van der Waals surface area contributed by atoms with E-state index in [0.717, 1.165) is 40.8 Å². The number of carbonyl (C=O) groups excluding carboxylic acids is 1. The fraction of sp³-hybridized carbons (Fsp3) is 0.458. The van der Waals surface area contributed by atoms with E-state index in [1.54, 1.807) is 14.2 Å². The van der Waals surface area contributed by atoms with Crippen LogP contribution in [0.3, 0.4) is 0 Å². The standard InChI is InChI=1S/C24H30N4O3/c1-14-21-17(23(29)25-13-15-7-10-19(30-5)20(11-15)31-6)12-18(16-8-9-16)26-22(21)28(27-14)24(2,3)4/h7,10-12,16H,8-9,13H2,1-6H3,(H,25,29). The summed E-state index contributed by atoms with van der Waals surface area (Å²) in [5, 5.41) is 8.61. The molecular weight excluding hydrogens is 392 g/mol. The van der Waals surface area contributed by atoms with Crippen molar-refractivity contribution >= 4 is 16.9 Å². The van der Waals surface area contributed by atoms with E-state index in [-0.39, 0.29) is 11.4 Å². The van der Waals surface area contributed by atoms with Crippen LogP contribution in [0.25, 0.3) is 11.0 Å². The Morgan fingerprint density at radius 2 is 1.87 bits per heavy atom. The zero-order valence-corrected chi connectivity index (χ0v) is 19.1. The van der Waals surface area contributed by atoms with Gasteiger partial charge in [0.1, 0.15) is 0 Å². The third-order valence-corrected chi connectivity index (χ3v) is 5.61. The van der Waals surface area contributed by atoms with Crippen LogP contribution in [0.5, 0.6) is 11.5 Å². The van der Waals surface area contributed by atoms with Crippen molar-refractivity contribution in [3.8, 4) is 11.5 Å². The van der Waals surface area contributed by atoms with Gasteiger partial charge in [-0.25, -0.2) is 9.67 Å². The number of nitrogens with zero attached hydrogens (tertiary/aromatic N) is 3. The van der Waals surface area contributed by atoms with E-state index < -0.39 is 0 Å². The Kier molecular flexibility index (Phi) is 5.37. The number of rotatable bonds is 6. The molecule has 0 aliphatic heterocycles. The van der Waals surface area contributed by atoms with Gasteiger partial charge < -0.3 is 14.8 Å². The molecule has 164 valence electrons. The summed E-state index contributed by atoms with van der Waals surface area (Å²) < 4.78 is 12.6. The molecule has 7 nitrogen and oxygen atoms in total. The van der Waals surface area contributed by atoms with Gasteiger partial charge in [0, 0.05) is 18.2 Å². The molecule has 0 atom stereocenters. The van der Waals surface area contributed by atoms with E-state index in [4.69, 9.17) is 19.6 Å². The topological polar surface area (TPSA) is 78.3 Å². The average molecular weight is 423 g/mol. The number of aryl methyl sites for hydroxylation is 1. The van der Waals surface area contributed by atoms with Crippen LogP contribution in [0.4, 0.5) is 0 Å². The highest BCUT2D eigenvalue weighted by Crippen LogP contribution is 2.41. The van der Waals surface area contributed by atoms with Crippen molar-refractivity contribution in [2.45, 2.75) is 58.5 Å². The number of fused-ring (bicyclic) bond motifs is 1. The highest BCUT2D eigenvalue weighted by Gasteiger charge is 2.30. The Morgan fingerprint density at radius 1 is 1.16 bits per heavy atom. The second kappa shape index (κ2) is 7.87. The van der Waals surface area contributed by atoms with Crippen LogP contribution >= 0.6 is 0 Å². The number of hydrogen-bond donors (Lipinski definition) is 1. The van der Waals surface area contributed by atoms with Gasteiger partial charge in [-0.15, -0.1) is 0 Å². The Bertz CT molecular complexity index is 1140. The lowest BCUT2D eigenvalue weighted by atomic mass is 10.1. The maximum absolute atomic E-state index is 13.3. The van der Waals surface area contributed by atoms with E-state index in [1.807, 2.05) is 35.9 Å². The minimum absolute atomic E-state index is 0.124. The van der Waals surface area contributed by atoms with Gasteiger partial charge in [-0.1, -0.05) is 6.07 Å². The van der Waals surface area contributed by atoms with E-state index in [1.165, 1.54) is 0 Å². The Hall–Kier alpha value is -3.09. The molecule has 0 spiro atoms. The lowest BCUT2D eigenvalue weighted by Crippen LogP contribution is -2.25. The third-order valence-electron chi connectivity index (χ3n) is 5.61. The largest absolute Gasteiger partial charge is 0.493 e. The second-order valence-electron chi connectivity index (χ2n) is 9.11. The van der Waals surface area contributed by atoms with Crippen molar-refractivity contribution in [2.24, 2.45) is 0 Å². The number of nitrogens with one attached hydrogen (secondary N) is 1. The molecule has 2 aromatic heterocycles. The first-order valence-electron chi connectivity index (χ1n) is 10.6. The lowest BCUT2D eigenvalue weighted by molar-refractivity contribution is 0.0952. The van der Waals surface area contributed by atoms with Gasteiger partial charge >= 0.3 is 0 Å². The molecule has 1 saturated carbocycles. The number of pyridine rings is 1. The first-order valence-corrected chi connectivity index (χ1v) is 10.6. The normalized spacial score (nSPS) is 14.0. The van der Waals surface area contributed by atoms with Crippen LogP contribution in [-0.2, 0) is 12.1 Å². The van der Waals surface area contributed by atoms with Gasteiger partial charge in [0.05, 0.1) is 36.4 Å². The van der Waals surface area contributed by atoms with Gasteiger partial charge in [-0.3, -0.25) is 4.79 Å². The van der Waals surface area contributed by atoms with Crippen molar-refractivity contribution in [3.63, 3.8) is 0 Å². The molecule has 1 aliphatic carbocycles. The molecule has 4 rings (SSSR count). The average Bonchev–Trinajstić information content (AvgIpc) is 3.54. The fourth-order valence-electron chi connectivity index (χ4n) is 3.81. The molecule has 3 aromatic rings. The molecule has 0 saturated heterocycles. The molecule has 2 heterocycles. The van der Waals surface area contributed by atoms with Crippen LogP contribution in [0.2, 0.25) is 0 Å². The fourth-order valence-corrected chi connectivity index (χ4v) is 3.81. The van der Waals surface area contributed by atoms with Crippen molar-refractivity contribution in [1.82, 2.24) is 20.1 Å². The minimum atomic E-state index is -0.227. The highest BCUT2D eigenvalue weighted by atomic mass is 16.5. The second-order valence-corrected chi connectivity index (χ2v) is 9.11. The van der Waals surface area contributed by atoms with E-state index in [0.29, 0.717) is 29.5 Å². The zero-order valence-electron chi connectivity index (χ0n) is 19.1. The van der Waals surface area contributed by atoms with Crippen molar-refractivity contribution in [1.29, 1.82) is 0 Å². The highest BCUT2D eigenvalue weighted by molar-refractivity contribution is 6.06. The number of hydrogen-bond acceptors (Lipinski definition) is 5. The SMILES string of the molecule is COc1ccc(CNC(=O)c2cc(C3CC3)nc3c2c(C)nn3C(C)(C)C)cc1OC. The van der Waals surface area contributed by atoms with Gasteiger partial charge in [0.25, 0.3) is 5.91 Å². The lowest BCUT2D eigenvalue weighted by Gasteiger charge is -2.20. The predicted molar refractivity (Wildman–Crippen MR) is 120 cm³/mol. The molecule has 31 heavy (non-hydrogen) atoms. The zero-order chi connectivity index (χ0) is 22.3. The minimum Gasteiger partial charge on any atom is -0.493 e. The Morgan fingerprint density at radius 3 is 2.48 bits per heavy atom. The van der Waals surface area contributed by atoms with Crippen molar-refractivity contribution < 1.29 is 14.3 Å². The van der Waals surface area contributed by atoms with E-state index >= 15 is 0 Å². The molecule has 1 aromatic carbocycles. The van der Waals surface area contributed by atoms with Crippen LogP contribution in [0.1, 0.15) is 66.8 Å². The summed E-state index contributed by atoms with van der Waals surface area (Å²) >= 11 is 0. The molecule has 1 fully saturated rings. The number of aromatic nitrogens is 3. The number of carbonyl (C=O) groups is 1. The number of methoxy groups -OCH3 is 2. The molecule has 0 radical (unpaired) electrons. The summed E-state index contributed by atoms with van der Waals surface area (Å²) in [5.41, 5.74) is 3.92. The van der Waals surface area contributed by atoms with E-state index in [9.17, 15) is 4.79 Å². The number of ether oxygens (including phenoxy) is 2. The van der Waals surface area contributed by atoms with Crippen molar-refractivity contribution in [2.75, 3.05) is 14.2 Å². The summed E-state index contributed by atoms with van der Waals surface area (Å²) in [4.78, 5) is 18.2. The number of amides is 1. The molecule has 0 bridgehead atoms. The molecule has 0 unspecified atom stereocenters. The summed E-state index contributed by atoms with van der Waals surface area (Å²) in [5.74, 6) is 1.61. The first-order chi connectivity index (χ1) is 14.7. The number of benzene rings is 1. The van der Waals surface area contributed by atoms with Crippen LogP contribution < -0.4 is 14.8 Å². The van der Waals surface area contributed by atoms with Gasteiger partial charge in [0.15, 0.2) is 17.1 Å². The quantitative estimate of drug-likeness (QED) is 0.640. The van der Waals surface area contributed by atoms with E-state index in [2.05, 4.69) is 26.1 Å². The summed E-state index contributed by atoms with van der Waals surface area (Å²) in [6, 6.07) is 7.58. The molecule has 1 amide bonds. The van der Waals surface area contributed by atoms with Crippen molar-refractivity contribution in [3.05, 3.63) is 46.8 Å². The monoisotopic (exact) mass is 422 g/mol. The summed E-state index contributed by atoms with van der Waals surface area (Å²) in [6.07, 6.45) is 2.24. The van der Waals surface area contributed by atoms with Gasteiger partial charge in [-0.2, -0.15) is 5.10 Å². The predicted octanol–water partition coefficient (Wildman–Crippen LogP) is 4.32. The van der Waals surface area contributed by atoms with Crippen LogP contribution in [0, 0.1) is 6.92 Å². The summed E-state index contributed by atoms with van der Waals surface area (Å²) in [7, 11) is 3.20. The smallest absolute Gasteiger partial charge is 0.252 e. The maximum Gasteiger partial charge on any atom is 0.252 e. The molecule has 1 N–H and O–H groups in total. The third kappa shape index (κ3) is 4.09. The van der Waals surface area contributed by atoms with Gasteiger partial charge in [0.2, 0.25) is 0 Å².